The van der Waals surface area contributed by atoms with Gasteiger partial charge in [-0.1, -0.05) is 5.16 Å². The van der Waals surface area contributed by atoms with Crippen LogP contribution < -0.4 is 0 Å². The number of aromatic nitrogens is 2. The first-order chi connectivity index (χ1) is 12.6. The summed E-state index contributed by atoms with van der Waals surface area (Å²) >= 11 is 1.76. The van der Waals surface area contributed by atoms with Gasteiger partial charge in [0.15, 0.2) is 0 Å². The molecule has 0 radical (unpaired) electrons. The van der Waals surface area contributed by atoms with E-state index in [2.05, 4.69) is 21.6 Å². The van der Waals surface area contributed by atoms with Crippen molar-refractivity contribution >= 4 is 17.2 Å². The third-order valence-corrected chi connectivity index (χ3v) is 5.62. The second-order valence-corrected chi connectivity index (χ2v) is 7.41. The van der Waals surface area contributed by atoms with Gasteiger partial charge in [0, 0.05) is 36.4 Å². The molecule has 0 saturated carbocycles. The summed E-state index contributed by atoms with van der Waals surface area (Å²) in [5.41, 5.74) is 2.48. The SMILES string of the molecule is Cc1cc(-c2noc(CCC(=O)N3CCc4sccc4C3)n2)ccc1F. The number of amides is 1. The molecule has 0 saturated heterocycles. The Bertz CT molecular complexity index is 950. The van der Waals surface area contributed by atoms with Crippen molar-refractivity contribution in [3.63, 3.8) is 0 Å². The van der Waals surface area contributed by atoms with Crippen LogP contribution in [0.4, 0.5) is 4.39 Å². The van der Waals surface area contributed by atoms with Crippen LogP contribution in [0.5, 0.6) is 0 Å². The van der Waals surface area contributed by atoms with Gasteiger partial charge in [0.25, 0.3) is 0 Å². The smallest absolute Gasteiger partial charge is 0.227 e. The summed E-state index contributed by atoms with van der Waals surface area (Å²) in [7, 11) is 0. The number of carbonyl (C=O) groups is 1. The zero-order chi connectivity index (χ0) is 18.1. The zero-order valence-electron chi connectivity index (χ0n) is 14.4. The molecule has 3 heterocycles. The van der Waals surface area contributed by atoms with Crippen molar-refractivity contribution in [2.75, 3.05) is 6.54 Å². The summed E-state index contributed by atoms with van der Waals surface area (Å²) in [4.78, 5) is 20.1. The Hall–Kier alpha value is -2.54. The Labute approximate surface area is 154 Å². The molecule has 3 aromatic rings. The second-order valence-electron chi connectivity index (χ2n) is 6.41. The molecule has 5 nitrogen and oxygen atoms in total. The lowest BCUT2D eigenvalue weighted by atomic mass is 10.1. The predicted molar refractivity (Wildman–Crippen MR) is 96.2 cm³/mol. The topological polar surface area (TPSA) is 59.2 Å². The number of benzene rings is 1. The van der Waals surface area contributed by atoms with Gasteiger partial charge in [0.2, 0.25) is 17.6 Å². The van der Waals surface area contributed by atoms with Crippen LogP contribution in [-0.2, 0) is 24.2 Å². The van der Waals surface area contributed by atoms with E-state index in [-0.39, 0.29) is 11.7 Å². The van der Waals surface area contributed by atoms with E-state index < -0.39 is 0 Å². The minimum absolute atomic E-state index is 0.0965. The fourth-order valence-electron chi connectivity index (χ4n) is 3.09. The van der Waals surface area contributed by atoms with Crippen LogP contribution in [-0.4, -0.2) is 27.5 Å². The van der Waals surface area contributed by atoms with E-state index >= 15 is 0 Å². The minimum atomic E-state index is -0.265. The molecule has 134 valence electrons. The maximum Gasteiger partial charge on any atom is 0.227 e. The lowest BCUT2D eigenvalue weighted by molar-refractivity contribution is -0.132. The third-order valence-electron chi connectivity index (χ3n) is 4.60. The number of fused-ring (bicyclic) bond motifs is 1. The van der Waals surface area contributed by atoms with E-state index in [1.54, 1.807) is 30.4 Å². The molecule has 0 fully saturated rings. The normalized spacial score (nSPS) is 13.7. The van der Waals surface area contributed by atoms with Gasteiger partial charge in [-0.15, -0.1) is 11.3 Å². The summed E-state index contributed by atoms with van der Waals surface area (Å²) in [6, 6.07) is 6.78. The van der Waals surface area contributed by atoms with Crippen LogP contribution in [0.15, 0.2) is 34.2 Å². The van der Waals surface area contributed by atoms with Gasteiger partial charge >= 0.3 is 0 Å². The van der Waals surface area contributed by atoms with Gasteiger partial charge in [-0.2, -0.15) is 4.98 Å². The molecule has 0 spiro atoms. The highest BCUT2D eigenvalue weighted by atomic mass is 32.1. The van der Waals surface area contributed by atoms with Crippen LogP contribution in [0.25, 0.3) is 11.4 Å². The molecule has 1 amide bonds. The number of carbonyl (C=O) groups excluding carboxylic acids is 1. The van der Waals surface area contributed by atoms with E-state index in [0.717, 1.165) is 13.0 Å². The number of hydrogen-bond donors (Lipinski definition) is 0. The van der Waals surface area contributed by atoms with Crippen LogP contribution in [0.2, 0.25) is 0 Å². The predicted octanol–water partition coefficient (Wildman–Crippen LogP) is 3.76. The van der Waals surface area contributed by atoms with Crippen molar-refractivity contribution < 1.29 is 13.7 Å². The van der Waals surface area contributed by atoms with Crippen LogP contribution in [0.1, 0.15) is 28.3 Å². The first-order valence-corrected chi connectivity index (χ1v) is 9.40. The molecule has 0 unspecified atom stereocenters. The molecule has 4 rings (SSSR count). The van der Waals surface area contributed by atoms with Gasteiger partial charge in [-0.3, -0.25) is 4.79 Å². The van der Waals surface area contributed by atoms with E-state index in [0.29, 0.717) is 42.2 Å². The Morgan fingerprint density at radius 1 is 1.38 bits per heavy atom. The molecule has 0 aliphatic carbocycles. The maximum absolute atomic E-state index is 13.4. The van der Waals surface area contributed by atoms with E-state index in [4.69, 9.17) is 4.52 Å². The monoisotopic (exact) mass is 371 g/mol. The summed E-state index contributed by atoms with van der Waals surface area (Å²) in [6.45, 7) is 3.13. The molecule has 1 aromatic carbocycles. The van der Waals surface area contributed by atoms with Crippen molar-refractivity contribution in [3.05, 3.63) is 57.4 Å². The van der Waals surface area contributed by atoms with Gasteiger partial charge in [0.05, 0.1) is 0 Å². The molecule has 26 heavy (non-hydrogen) atoms. The Morgan fingerprint density at radius 3 is 3.12 bits per heavy atom. The molecule has 0 bridgehead atoms. The summed E-state index contributed by atoms with van der Waals surface area (Å²) in [5, 5.41) is 6.02. The average molecular weight is 371 g/mol. The highest BCUT2D eigenvalue weighted by Crippen LogP contribution is 2.24. The Morgan fingerprint density at radius 2 is 2.27 bits per heavy atom. The number of halogens is 1. The Kier molecular flexibility index (Phi) is 4.55. The third kappa shape index (κ3) is 3.39. The van der Waals surface area contributed by atoms with Crippen molar-refractivity contribution in [2.24, 2.45) is 0 Å². The second kappa shape index (κ2) is 6.99. The molecule has 1 aliphatic heterocycles. The minimum Gasteiger partial charge on any atom is -0.339 e. The van der Waals surface area contributed by atoms with Gasteiger partial charge in [-0.25, -0.2) is 4.39 Å². The number of hydrogen-bond acceptors (Lipinski definition) is 5. The molecule has 0 atom stereocenters. The van der Waals surface area contributed by atoms with E-state index in [1.165, 1.54) is 16.5 Å². The molecule has 2 aromatic heterocycles. The van der Waals surface area contributed by atoms with Crippen LogP contribution in [0, 0.1) is 12.7 Å². The standard InChI is InChI=1S/C19H18FN3O2S/c1-12-10-13(2-3-15(12)20)19-21-17(25-22-19)4-5-18(24)23-8-6-16-14(11-23)7-9-26-16/h2-3,7,9-10H,4-6,8,11H2,1H3. The van der Waals surface area contributed by atoms with Crippen LogP contribution >= 0.6 is 11.3 Å². The summed E-state index contributed by atoms with van der Waals surface area (Å²) < 4.78 is 18.6. The first kappa shape index (κ1) is 16.9. The first-order valence-electron chi connectivity index (χ1n) is 8.52. The van der Waals surface area contributed by atoms with E-state index in [1.807, 2.05) is 4.90 Å². The number of aryl methyl sites for hydroxylation is 2. The summed E-state index contributed by atoms with van der Waals surface area (Å²) in [5.74, 6) is 0.664. The molecular weight excluding hydrogens is 353 g/mol. The Balaban J connectivity index is 1.37. The van der Waals surface area contributed by atoms with Gasteiger partial charge < -0.3 is 9.42 Å². The number of nitrogens with zero attached hydrogens (tertiary/aromatic N) is 3. The largest absolute Gasteiger partial charge is 0.339 e. The van der Waals surface area contributed by atoms with Crippen molar-refractivity contribution in [2.45, 2.75) is 32.7 Å². The van der Waals surface area contributed by atoms with Crippen molar-refractivity contribution in [1.82, 2.24) is 15.0 Å². The van der Waals surface area contributed by atoms with Gasteiger partial charge in [-0.05, 0) is 54.1 Å². The number of rotatable bonds is 4. The maximum atomic E-state index is 13.4. The van der Waals surface area contributed by atoms with Crippen LogP contribution in [0.3, 0.4) is 0 Å². The highest BCUT2D eigenvalue weighted by Gasteiger charge is 2.22. The molecular formula is C19H18FN3O2S. The summed E-state index contributed by atoms with van der Waals surface area (Å²) in [6.07, 6.45) is 1.66. The molecule has 0 N–H and O–H groups in total. The van der Waals surface area contributed by atoms with E-state index in [9.17, 15) is 9.18 Å². The fraction of sp³-hybridized carbons (Fsp3) is 0.316. The highest BCUT2D eigenvalue weighted by molar-refractivity contribution is 7.10. The lowest BCUT2D eigenvalue weighted by Gasteiger charge is -2.26. The van der Waals surface area contributed by atoms with Crippen molar-refractivity contribution in [3.8, 4) is 11.4 Å². The number of thiophene rings is 1. The quantitative estimate of drug-likeness (QED) is 0.701. The average Bonchev–Trinajstić information content (AvgIpc) is 3.30. The lowest BCUT2D eigenvalue weighted by Crippen LogP contribution is -2.35. The molecule has 1 aliphatic rings. The molecule has 7 heteroatoms. The fourth-order valence-corrected chi connectivity index (χ4v) is 3.98. The van der Waals surface area contributed by atoms with Gasteiger partial charge in [0.1, 0.15) is 5.82 Å². The van der Waals surface area contributed by atoms with Crippen molar-refractivity contribution in [1.29, 1.82) is 0 Å². The zero-order valence-corrected chi connectivity index (χ0v) is 15.2.